The number of hydrogen-bond acceptors (Lipinski definition) is 1. The molecule has 0 spiro atoms. The molecule has 0 fully saturated rings. The summed E-state index contributed by atoms with van der Waals surface area (Å²) in [5.74, 6) is -0.867. The fraction of sp³-hybridized carbons (Fsp3) is 0.400. The van der Waals surface area contributed by atoms with E-state index in [1.807, 2.05) is 0 Å². The van der Waals surface area contributed by atoms with Crippen molar-refractivity contribution in [3.05, 3.63) is 33.6 Å². The summed E-state index contributed by atoms with van der Waals surface area (Å²) in [6, 6.07) is 1.39. The highest BCUT2D eigenvalue weighted by Gasteiger charge is 2.29. The summed E-state index contributed by atoms with van der Waals surface area (Å²) in [5.41, 5.74) is 5.31. The molecule has 0 saturated heterocycles. The van der Waals surface area contributed by atoms with Gasteiger partial charge in [0.05, 0.1) is 5.02 Å². The molecule has 1 aromatic rings. The third-order valence-electron chi connectivity index (χ3n) is 2.19. The molecule has 0 aliphatic rings. The molecular weight excluding hydrogens is 316 g/mol. The Morgan fingerprint density at radius 3 is 2.17 bits per heavy atom. The minimum atomic E-state index is -4.33. The van der Waals surface area contributed by atoms with E-state index >= 15 is 0 Å². The molecule has 104 valence electrons. The van der Waals surface area contributed by atoms with Crippen LogP contribution in [0.15, 0.2) is 12.1 Å². The monoisotopic (exact) mass is 325 g/mol. The van der Waals surface area contributed by atoms with E-state index in [0.717, 1.165) is 0 Å². The van der Waals surface area contributed by atoms with Crippen molar-refractivity contribution in [3.8, 4) is 0 Å². The lowest BCUT2D eigenvalue weighted by Crippen LogP contribution is -2.17. The van der Waals surface area contributed by atoms with Gasteiger partial charge in [0.2, 0.25) is 0 Å². The zero-order chi connectivity index (χ0) is 13.2. The largest absolute Gasteiger partial charge is 0.389 e. The molecule has 0 heterocycles. The lowest BCUT2D eigenvalue weighted by molar-refractivity contribution is -0.136. The normalized spacial score (nSPS) is 13.1. The number of nitrogens with two attached hydrogens (primary N) is 1. The summed E-state index contributed by atoms with van der Waals surface area (Å²) >= 11 is 11.2. The van der Waals surface area contributed by atoms with Crippen molar-refractivity contribution in [3.63, 3.8) is 0 Å². The van der Waals surface area contributed by atoms with Crippen LogP contribution in [0.25, 0.3) is 0 Å². The molecule has 8 heteroatoms. The van der Waals surface area contributed by atoms with Crippen LogP contribution in [-0.2, 0) is 0 Å². The maximum absolute atomic E-state index is 13.6. The van der Waals surface area contributed by atoms with Crippen LogP contribution in [0, 0.1) is 5.82 Å². The minimum Gasteiger partial charge on any atom is -0.324 e. The van der Waals surface area contributed by atoms with Crippen LogP contribution >= 0.6 is 35.6 Å². The third kappa shape index (κ3) is 4.80. The smallest absolute Gasteiger partial charge is 0.324 e. The highest BCUT2D eigenvalue weighted by atomic mass is 35.5. The molecule has 0 aliphatic heterocycles. The van der Waals surface area contributed by atoms with E-state index < -0.39 is 30.9 Å². The van der Waals surface area contributed by atoms with E-state index in [0.29, 0.717) is 0 Å². The van der Waals surface area contributed by atoms with Crippen LogP contribution in [0.3, 0.4) is 0 Å². The van der Waals surface area contributed by atoms with Gasteiger partial charge in [0.15, 0.2) is 0 Å². The second kappa shape index (κ2) is 6.80. The van der Waals surface area contributed by atoms with Gasteiger partial charge in [-0.3, -0.25) is 0 Å². The van der Waals surface area contributed by atoms with Crippen molar-refractivity contribution in [2.45, 2.75) is 25.1 Å². The highest BCUT2D eigenvalue weighted by molar-refractivity contribution is 6.33. The van der Waals surface area contributed by atoms with E-state index in [-0.39, 0.29) is 28.0 Å². The Balaban J connectivity index is 0.00000289. The third-order valence-corrected chi connectivity index (χ3v) is 2.81. The molecule has 1 aromatic carbocycles. The summed E-state index contributed by atoms with van der Waals surface area (Å²) < 4.78 is 49.6. The lowest BCUT2D eigenvalue weighted by atomic mass is 10.0. The van der Waals surface area contributed by atoms with Crippen LogP contribution in [0.2, 0.25) is 10.0 Å². The topological polar surface area (TPSA) is 26.0 Å². The van der Waals surface area contributed by atoms with Gasteiger partial charge in [-0.15, -0.1) is 12.4 Å². The predicted molar refractivity (Wildman–Crippen MR) is 65.9 cm³/mol. The van der Waals surface area contributed by atoms with Crippen molar-refractivity contribution >= 4 is 35.6 Å². The van der Waals surface area contributed by atoms with Gasteiger partial charge >= 0.3 is 6.18 Å². The van der Waals surface area contributed by atoms with Crippen molar-refractivity contribution in [1.29, 1.82) is 0 Å². The van der Waals surface area contributed by atoms with Gasteiger partial charge in [0, 0.05) is 23.0 Å². The Morgan fingerprint density at radius 1 is 1.17 bits per heavy atom. The van der Waals surface area contributed by atoms with Crippen LogP contribution in [0.5, 0.6) is 0 Å². The van der Waals surface area contributed by atoms with E-state index in [1.165, 1.54) is 12.1 Å². The number of rotatable bonds is 3. The summed E-state index contributed by atoms with van der Waals surface area (Å²) in [4.78, 5) is 0. The predicted octanol–water partition coefficient (Wildman–Crippen LogP) is 4.90. The Labute approximate surface area is 118 Å². The van der Waals surface area contributed by atoms with Crippen molar-refractivity contribution in [2.75, 3.05) is 0 Å². The fourth-order valence-electron chi connectivity index (χ4n) is 1.35. The molecule has 0 saturated carbocycles. The molecule has 0 bridgehead atoms. The van der Waals surface area contributed by atoms with E-state index in [1.54, 1.807) is 0 Å². The molecule has 0 unspecified atom stereocenters. The summed E-state index contributed by atoms with van der Waals surface area (Å²) in [6.45, 7) is 0. The van der Waals surface area contributed by atoms with Crippen molar-refractivity contribution in [1.82, 2.24) is 0 Å². The average molecular weight is 327 g/mol. The summed E-state index contributed by atoms with van der Waals surface area (Å²) in [7, 11) is 0. The van der Waals surface area contributed by atoms with Crippen LogP contribution < -0.4 is 5.73 Å². The molecule has 2 N–H and O–H groups in total. The Hall–Kier alpha value is -0.230. The molecule has 0 radical (unpaired) electrons. The maximum Gasteiger partial charge on any atom is 0.389 e. The molecule has 0 aromatic heterocycles. The Morgan fingerprint density at radius 2 is 1.67 bits per heavy atom. The molecule has 1 nitrogen and oxygen atoms in total. The lowest BCUT2D eigenvalue weighted by Gasteiger charge is -2.16. The summed E-state index contributed by atoms with van der Waals surface area (Å²) in [5, 5.41) is -0.242. The summed E-state index contributed by atoms with van der Waals surface area (Å²) in [6.07, 6.45) is -5.88. The standard InChI is InChI=1S/C10H9Cl2F4N.ClH/c11-5-1-2-6(12)9(13)8(5)7(17)3-4-10(14,15)16;/h1-2,7H,3-4,17H2;1H/t7-;/m0./s1. The SMILES string of the molecule is Cl.N[C@@H](CCC(F)(F)F)c1c(Cl)ccc(Cl)c1F. The zero-order valence-electron chi connectivity index (χ0n) is 8.90. The van der Waals surface area contributed by atoms with Gasteiger partial charge in [-0.1, -0.05) is 23.2 Å². The molecule has 1 rings (SSSR count). The first-order chi connectivity index (χ1) is 7.72. The second-order valence-corrected chi connectivity index (χ2v) is 4.33. The van der Waals surface area contributed by atoms with Gasteiger partial charge in [0.25, 0.3) is 0 Å². The minimum absolute atomic E-state index is 0. The molecule has 18 heavy (non-hydrogen) atoms. The van der Waals surface area contributed by atoms with E-state index in [4.69, 9.17) is 28.9 Å². The van der Waals surface area contributed by atoms with Crippen LogP contribution in [0.1, 0.15) is 24.4 Å². The van der Waals surface area contributed by atoms with E-state index in [2.05, 4.69) is 0 Å². The first-order valence-corrected chi connectivity index (χ1v) is 5.43. The molecule has 1 atom stereocenters. The number of benzene rings is 1. The number of hydrogen-bond donors (Lipinski definition) is 1. The van der Waals surface area contributed by atoms with Crippen molar-refractivity contribution < 1.29 is 17.6 Å². The molecular formula is C10H10Cl3F4N. The number of halogens is 7. The quantitative estimate of drug-likeness (QED) is 0.621. The van der Waals surface area contributed by atoms with Crippen LogP contribution in [0.4, 0.5) is 17.6 Å². The second-order valence-electron chi connectivity index (χ2n) is 3.52. The molecule has 0 aliphatic carbocycles. The van der Waals surface area contributed by atoms with Crippen molar-refractivity contribution in [2.24, 2.45) is 5.73 Å². The first-order valence-electron chi connectivity index (χ1n) is 4.68. The fourth-order valence-corrected chi connectivity index (χ4v) is 1.80. The maximum atomic E-state index is 13.6. The Bertz CT molecular complexity index is 409. The molecule has 0 amide bonds. The van der Waals surface area contributed by atoms with E-state index in [9.17, 15) is 17.6 Å². The highest BCUT2D eigenvalue weighted by Crippen LogP contribution is 2.33. The van der Waals surface area contributed by atoms with Crippen LogP contribution in [-0.4, -0.2) is 6.18 Å². The Kier molecular flexibility index (Phi) is 6.71. The van der Waals surface area contributed by atoms with Gasteiger partial charge in [-0.05, 0) is 18.6 Å². The first kappa shape index (κ1) is 17.8. The van der Waals surface area contributed by atoms with Gasteiger partial charge in [-0.2, -0.15) is 13.2 Å². The van der Waals surface area contributed by atoms with Gasteiger partial charge in [0.1, 0.15) is 5.82 Å². The van der Waals surface area contributed by atoms with Gasteiger partial charge < -0.3 is 5.73 Å². The zero-order valence-corrected chi connectivity index (χ0v) is 11.2. The number of alkyl halides is 3. The average Bonchev–Trinajstić information content (AvgIpc) is 2.20. The van der Waals surface area contributed by atoms with Gasteiger partial charge in [-0.25, -0.2) is 4.39 Å².